The van der Waals surface area contributed by atoms with Gasteiger partial charge in [-0.3, -0.25) is 9.59 Å². The number of nitrogens with zero attached hydrogens (tertiary/aromatic N) is 1. The number of aromatic nitrogens is 2. The van der Waals surface area contributed by atoms with E-state index in [0.29, 0.717) is 5.69 Å². The van der Waals surface area contributed by atoms with Gasteiger partial charge in [0.2, 0.25) is 0 Å². The van der Waals surface area contributed by atoms with Crippen LogP contribution in [0.25, 0.3) is 5.69 Å². The number of H-pyrrole nitrogens is 1. The van der Waals surface area contributed by atoms with E-state index in [1.807, 2.05) is 22.6 Å². The molecule has 92 valence electrons. The Morgan fingerprint density at radius 1 is 1.28 bits per heavy atom. The van der Waals surface area contributed by atoms with Gasteiger partial charge in [0, 0.05) is 9.77 Å². The summed E-state index contributed by atoms with van der Waals surface area (Å²) in [5.41, 5.74) is -0.730. The highest BCUT2D eigenvalue weighted by Gasteiger charge is 2.13. The SMILES string of the molecule is CC(=O)c1c[nH]c(=O)n(-c2ccccc2I)c1=O. The minimum absolute atomic E-state index is 0.0331. The second-order valence-electron chi connectivity index (χ2n) is 3.66. The van der Waals surface area contributed by atoms with E-state index in [2.05, 4.69) is 4.98 Å². The number of para-hydroxylation sites is 1. The van der Waals surface area contributed by atoms with Crippen LogP contribution in [0.2, 0.25) is 0 Å². The molecule has 5 nitrogen and oxygen atoms in total. The number of Topliss-reactive ketones (excluding diaryl/α,β-unsaturated/α-hetero) is 1. The molecule has 2 aromatic rings. The predicted molar refractivity (Wildman–Crippen MR) is 75.4 cm³/mol. The molecule has 0 unspecified atom stereocenters. The minimum Gasteiger partial charge on any atom is -0.313 e. The molecule has 1 aromatic carbocycles. The molecule has 0 radical (unpaired) electrons. The van der Waals surface area contributed by atoms with Gasteiger partial charge in [-0.05, 0) is 41.6 Å². The molecule has 0 aliphatic heterocycles. The summed E-state index contributed by atoms with van der Waals surface area (Å²) in [4.78, 5) is 37.6. The van der Waals surface area contributed by atoms with Crippen LogP contribution in [-0.4, -0.2) is 15.3 Å². The Bertz CT molecular complexity index is 731. The standard InChI is InChI=1S/C12H9IN2O3/c1-7(16)8-6-14-12(18)15(11(8)17)10-5-3-2-4-9(10)13/h2-6H,1H3,(H,14,18). The van der Waals surface area contributed by atoms with Crippen LogP contribution in [0.4, 0.5) is 0 Å². The zero-order valence-corrected chi connectivity index (χ0v) is 11.6. The fraction of sp³-hybridized carbons (Fsp3) is 0.0833. The second-order valence-corrected chi connectivity index (χ2v) is 4.82. The Hall–Kier alpha value is -1.70. The number of nitrogens with one attached hydrogen (secondary N) is 1. The van der Waals surface area contributed by atoms with Crippen LogP contribution in [-0.2, 0) is 0 Å². The van der Waals surface area contributed by atoms with Crippen molar-refractivity contribution in [2.75, 3.05) is 0 Å². The molecule has 6 heteroatoms. The van der Waals surface area contributed by atoms with Gasteiger partial charge in [-0.2, -0.15) is 0 Å². The first kappa shape index (κ1) is 12.7. The van der Waals surface area contributed by atoms with E-state index < -0.39 is 11.2 Å². The topological polar surface area (TPSA) is 71.9 Å². The van der Waals surface area contributed by atoms with Crippen molar-refractivity contribution >= 4 is 28.4 Å². The van der Waals surface area contributed by atoms with Gasteiger partial charge in [0.1, 0.15) is 0 Å². The smallest absolute Gasteiger partial charge is 0.313 e. The van der Waals surface area contributed by atoms with Gasteiger partial charge in [0.25, 0.3) is 5.56 Å². The Labute approximate surface area is 116 Å². The van der Waals surface area contributed by atoms with Gasteiger partial charge in [0.15, 0.2) is 5.78 Å². The largest absolute Gasteiger partial charge is 0.333 e. The molecule has 0 aliphatic carbocycles. The van der Waals surface area contributed by atoms with E-state index in [4.69, 9.17) is 0 Å². The van der Waals surface area contributed by atoms with Crippen LogP contribution in [0.1, 0.15) is 17.3 Å². The van der Waals surface area contributed by atoms with Crippen molar-refractivity contribution in [1.82, 2.24) is 9.55 Å². The molecule has 0 bridgehead atoms. The molecule has 18 heavy (non-hydrogen) atoms. The average Bonchev–Trinajstić information content (AvgIpc) is 2.31. The van der Waals surface area contributed by atoms with Crippen LogP contribution in [0, 0.1) is 3.57 Å². The summed E-state index contributed by atoms with van der Waals surface area (Å²) in [6, 6.07) is 6.97. The number of carbonyl (C=O) groups is 1. The molecule has 0 aliphatic rings. The summed E-state index contributed by atoms with van der Waals surface area (Å²) in [6.07, 6.45) is 1.15. The van der Waals surface area contributed by atoms with E-state index in [9.17, 15) is 14.4 Å². The monoisotopic (exact) mass is 356 g/mol. The van der Waals surface area contributed by atoms with Crippen molar-refractivity contribution in [2.45, 2.75) is 6.92 Å². The molecule has 0 fully saturated rings. The Balaban J connectivity index is 2.84. The predicted octanol–water partition coefficient (Wildman–Crippen LogP) is 1.33. The molecular formula is C12H9IN2O3. The lowest BCUT2D eigenvalue weighted by Gasteiger charge is -2.07. The zero-order valence-electron chi connectivity index (χ0n) is 9.44. The fourth-order valence-corrected chi connectivity index (χ4v) is 2.21. The van der Waals surface area contributed by atoms with E-state index >= 15 is 0 Å². The Morgan fingerprint density at radius 2 is 1.94 bits per heavy atom. The number of hydrogen-bond acceptors (Lipinski definition) is 3. The van der Waals surface area contributed by atoms with Crippen LogP contribution in [0.3, 0.4) is 0 Å². The number of carbonyl (C=O) groups excluding carboxylic acids is 1. The normalized spacial score (nSPS) is 10.3. The molecule has 0 spiro atoms. The number of halogens is 1. The number of rotatable bonds is 2. The van der Waals surface area contributed by atoms with Gasteiger partial charge in [-0.25, -0.2) is 9.36 Å². The lowest BCUT2D eigenvalue weighted by molar-refractivity contribution is 0.101. The van der Waals surface area contributed by atoms with Gasteiger partial charge in [-0.1, -0.05) is 12.1 Å². The maximum Gasteiger partial charge on any atom is 0.333 e. The Kier molecular flexibility index (Phi) is 3.46. The van der Waals surface area contributed by atoms with Gasteiger partial charge >= 0.3 is 5.69 Å². The Morgan fingerprint density at radius 3 is 2.56 bits per heavy atom. The summed E-state index contributed by atoms with van der Waals surface area (Å²) in [5, 5.41) is 0. The zero-order chi connectivity index (χ0) is 13.3. The number of ketones is 1. The molecular weight excluding hydrogens is 347 g/mol. The van der Waals surface area contributed by atoms with Crippen molar-refractivity contribution in [3.63, 3.8) is 0 Å². The van der Waals surface area contributed by atoms with Gasteiger partial charge in [-0.15, -0.1) is 0 Å². The van der Waals surface area contributed by atoms with Crippen molar-refractivity contribution < 1.29 is 4.79 Å². The molecule has 1 heterocycles. The number of benzene rings is 1. The van der Waals surface area contributed by atoms with Gasteiger partial charge < -0.3 is 4.98 Å². The number of aromatic amines is 1. The molecule has 0 saturated heterocycles. The number of hydrogen-bond donors (Lipinski definition) is 1. The first-order valence-corrected chi connectivity index (χ1v) is 6.21. The van der Waals surface area contributed by atoms with Crippen molar-refractivity contribution in [1.29, 1.82) is 0 Å². The van der Waals surface area contributed by atoms with Crippen LogP contribution >= 0.6 is 22.6 Å². The highest BCUT2D eigenvalue weighted by molar-refractivity contribution is 14.1. The highest BCUT2D eigenvalue weighted by Crippen LogP contribution is 2.13. The first-order chi connectivity index (χ1) is 8.52. The van der Waals surface area contributed by atoms with Crippen LogP contribution in [0.15, 0.2) is 40.1 Å². The van der Waals surface area contributed by atoms with Crippen LogP contribution < -0.4 is 11.2 Å². The lowest BCUT2D eigenvalue weighted by atomic mass is 10.2. The van der Waals surface area contributed by atoms with Crippen molar-refractivity contribution in [2.24, 2.45) is 0 Å². The molecule has 0 atom stereocenters. The molecule has 0 amide bonds. The van der Waals surface area contributed by atoms with E-state index in [1.54, 1.807) is 24.3 Å². The third kappa shape index (κ3) is 2.15. The van der Waals surface area contributed by atoms with E-state index in [-0.39, 0.29) is 11.3 Å². The summed E-state index contributed by atoms with van der Waals surface area (Å²) in [7, 11) is 0. The first-order valence-electron chi connectivity index (χ1n) is 5.13. The molecule has 2 rings (SSSR count). The van der Waals surface area contributed by atoms with E-state index in [1.165, 1.54) is 6.92 Å². The molecule has 0 saturated carbocycles. The quantitative estimate of drug-likeness (QED) is 0.652. The summed E-state index contributed by atoms with van der Waals surface area (Å²) in [5.74, 6) is -0.379. The van der Waals surface area contributed by atoms with Gasteiger partial charge in [0.05, 0.1) is 11.3 Å². The maximum atomic E-state index is 12.1. The third-order valence-corrected chi connectivity index (χ3v) is 3.36. The maximum absolute atomic E-state index is 12.1. The van der Waals surface area contributed by atoms with Crippen molar-refractivity contribution in [3.05, 3.63) is 60.4 Å². The van der Waals surface area contributed by atoms with E-state index in [0.717, 1.165) is 14.3 Å². The molecule has 1 aromatic heterocycles. The minimum atomic E-state index is -0.602. The third-order valence-electron chi connectivity index (χ3n) is 2.45. The summed E-state index contributed by atoms with van der Waals surface area (Å²) < 4.78 is 1.72. The second kappa shape index (κ2) is 4.89. The van der Waals surface area contributed by atoms with Crippen molar-refractivity contribution in [3.8, 4) is 5.69 Å². The molecule has 1 N–H and O–H groups in total. The fourth-order valence-electron chi connectivity index (χ4n) is 1.58. The summed E-state index contributed by atoms with van der Waals surface area (Å²) in [6.45, 7) is 1.29. The lowest BCUT2D eigenvalue weighted by Crippen LogP contribution is -2.36. The average molecular weight is 356 g/mol. The van der Waals surface area contributed by atoms with Crippen LogP contribution in [0.5, 0.6) is 0 Å². The summed E-state index contributed by atoms with van der Waals surface area (Å²) >= 11 is 2.03. The highest BCUT2D eigenvalue weighted by atomic mass is 127.